The molecule has 1 aromatic heterocycles. The molecule has 2 atom stereocenters. The lowest BCUT2D eigenvalue weighted by molar-refractivity contribution is 0.172. The highest BCUT2D eigenvalue weighted by Gasteiger charge is 2.30. The number of ether oxygens (including phenoxy) is 1. The quantitative estimate of drug-likeness (QED) is 0.892. The van der Waals surface area contributed by atoms with Crippen LogP contribution >= 0.6 is 0 Å². The predicted octanol–water partition coefficient (Wildman–Crippen LogP) is 2.88. The number of hydrogen-bond acceptors (Lipinski definition) is 3. The number of nitrogens with one attached hydrogen (secondary N) is 2. The maximum Gasteiger partial charge on any atom is 0.315 e. The molecule has 1 saturated carbocycles. The van der Waals surface area contributed by atoms with Crippen LogP contribution in [0.25, 0.3) is 0 Å². The third-order valence-corrected chi connectivity index (χ3v) is 3.98. The minimum atomic E-state index is -0.164. The van der Waals surface area contributed by atoms with Crippen molar-refractivity contribution in [3.63, 3.8) is 0 Å². The fourth-order valence-corrected chi connectivity index (χ4v) is 2.81. The lowest BCUT2D eigenvalue weighted by Crippen LogP contribution is -2.46. The second kappa shape index (κ2) is 7.63. The highest BCUT2D eigenvalue weighted by molar-refractivity contribution is 5.74. The molecule has 2 amide bonds. The summed E-state index contributed by atoms with van der Waals surface area (Å²) in [5.41, 5.74) is 0.978. The first kappa shape index (κ1) is 15.3. The first-order valence-electron chi connectivity index (χ1n) is 7.96. The van der Waals surface area contributed by atoms with E-state index < -0.39 is 0 Å². The molecule has 5 nitrogen and oxygen atoms in total. The molecule has 0 unspecified atom stereocenters. The van der Waals surface area contributed by atoms with E-state index in [0.29, 0.717) is 6.54 Å². The van der Waals surface area contributed by atoms with Crippen LogP contribution in [0.5, 0.6) is 5.75 Å². The Bertz CT molecular complexity index is 619. The molecular weight excluding hydrogens is 290 g/mol. The van der Waals surface area contributed by atoms with E-state index in [-0.39, 0.29) is 18.2 Å². The van der Waals surface area contributed by atoms with Crippen LogP contribution in [0, 0.1) is 0 Å². The molecule has 0 spiro atoms. The van der Waals surface area contributed by atoms with Crippen molar-refractivity contribution in [3.8, 4) is 5.75 Å². The Labute approximate surface area is 136 Å². The molecular formula is C18H21N3O2. The molecule has 1 aliphatic carbocycles. The van der Waals surface area contributed by atoms with Crippen LogP contribution in [0.2, 0.25) is 0 Å². The van der Waals surface area contributed by atoms with Gasteiger partial charge in [-0.1, -0.05) is 24.3 Å². The number of benzene rings is 1. The molecule has 1 fully saturated rings. The van der Waals surface area contributed by atoms with Crippen LogP contribution < -0.4 is 15.4 Å². The first-order valence-corrected chi connectivity index (χ1v) is 7.96. The Morgan fingerprint density at radius 3 is 2.83 bits per heavy atom. The summed E-state index contributed by atoms with van der Waals surface area (Å²) < 4.78 is 6.00. The number of aromatic nitrogens is 1. The number of nitrogens with zero attached hydrogens (tertiary/aromatic N) is 1. The number of carbonyl (C=O) groups is 1. The van der Waals surface area contributed by atoms with Gasteiger partial charge in [0.1, 0.15) is 11.9 Å². The molecule has 2 aromatic rings. The largest absolute Gasteiger partial charge is 0.488 e. The van der Waals surface area contributed by atoms with E-state index in [9.17, 15) is 4.79 Å². The normalized spacial score (nSPS) is 20.0. The van der Waals surface area contributed by atoms with Gasteiger partial charge in [-0.2, -0.15) is 0 Å². The van der Waals surface area contributed by atoms with Gasteiger partial charge in [-0.05, 0) is 43.0 Å². The molecule has 1 aliphatic rings. The number of pyridine rings is 1. The summed E-state index contributed by atoms with van der Waals surface area (Å²) in [6.45, 7) is 0.469. The van der Waals surface area contributed by atoms with Crippen molar-refractivity contribution in [1.82, 2.24) is 15.6 Å². The number of hydrogen-bond donors (Lipinski definition) is 2. The monoisotopic (exact) mass is 311 g/mol. The van der Waals surface area contributed by atoms with Gasteiger partial charge in [0.2, 0.25) is 0 Å². The average molecular weight is 311 g/mol. The van der Waals surface area contributed by atoms with Crippen molar-refractivity contribution in [2.24, 2.45) is 0 Å². The number of carbonyl (C=O) groups excluding carboxylic acids is 1. The Morgan fingerprint density at radius 2 is 2.04 bits per heavy atom. The highest BCUT2D eigenvalue weighted by Crippen LogP contribution is 2.24. The molecule has 2 N–H and O–H groups in total. The summed E-state index contributed by atoms with van der Waals surface area (Å²) in [6, 6.07) is 13.4. The summed E-state index contributed by atoms with van der Waals surface area (Å²) in [7, 11) is 0. The average Bonchev–Trinajstić information content (AvgIpc) is 3.02. The predicted molar refractivity (Wildman–Crippen MR) is 88.1 cm³/mol. The highest BCUT2D eigenvalue weighted by atomic mass is 16.5. The van der Waals surface area contributed by atoms with Crippen molar-refractivity contribution in [3.05, 3.63) is 60.4 Å². The molecule has 1 aromatic carbocycles. The first-order chi connectivity index (χ1) is 11.3. The molecule has 23 heavy (non-hydrogen) atoms. The van der Waals surface area contributed by atoms with E-state index in [1.54, 1.807) is 12.4 Å². The number of amides is 2. The molecule has 0 saturated heterocycles. The van der Waals surface area contributed by atoms with Gasteiger partial charge in [-0.25, -0.2) is 4.79 Å². The summed E-state index contributed by atoms with van der Waals surface area (Å²) in [5, 5.41) is 5.89. The van der Waals surface area contributed by atoms with E-state index in [1.807, 2.05) is 42.5 Å². The van der Waals surface area contributed by atoms with Gasteiger partial charge in [0, 0.05) is 18.9 Å². The minimum absolute atomic E-state index is 0.0292. The topological polar surface area (TPSA) is 63.2 Å². The van der Waals surface area contributed by atoms with Gasteiger partial charge in [0.15, 0.2) is 0 Å². The molecule has 0 radical (unpaired) electrons. The zero-order valence-electron chi connectivity index (χ0n) is 12.9. The van der Waals surface area contributed by atoms with Crippen LogP contribution in [-0.4, -0.2) is 23.2 Å². The number of urea groups is 1. The van der Waals surface area contributed by atoms with Crippen LogP contribution in [0.1, 0.15) is 24.8 Å². The van der Waals surface area contributed by atoms with Gasteiger partial charge in [-0.15, -0.1) is 0 Å². The number of rotatable bonds is 5. The van der Waals surface area contributed by atoms with Crippen molar-refractivity contribution in [2.45, 2.75) is 38.0 Å². The molecule has 0 aliphatic heterocycles. The zero-order chi connectivity index (χ0) is 15.9. The minimum Gasteiger partial charge on any atom is -0.488 e. The summed E-state index contributed by atoms with van der Waals surface area (Å²) >= 11 is 0. The standard InChI is InChI=1S/C18H21N3O2/c22-18(20-13-14-6-5-11-19-12-14)21-16-9-4-10-17(16)23-15-7-2-1-3-8-15/h1-3,5-8,11-12,16-17H,4,9-10,13H2,(H2,20,21,22)/t16-,17+/m1/s1. The van der Waals surface area contributed by atoms with Crippen LogP contribution in [-0.2, 0) is 6.54 Å². The van der Waals surface area contributed by atoms with Crippen LogP contribution in [0.15, 0.2) is 54.9 Å². The summed E-state index contributed by atoms with van der Waals surface area (Å²) in [5.74, 6) is 0.849. The fraction of sp³-hybridized carbons (Fsp3) is 0.333. The molecule has 1 heterocycles. The van der Waals surface area contributed by atoms with Gasteiger partial charge >= 0.3 is 6.03 Å². The van der Waals surface area contributed by atoms with E-state index in [0.717, 1.165) is 30.6 Å². The SMILES string of the molecule is O=C(NCc1cccnc1)N[C@@H]1CCC[C@@H]1Oc1ccccc1. The third-order valence-electron chi connectivity index (χ3n) is 3.98. The van der Waals surface area contributed by atoms with Crippen molar-refractivity contribution in [2.75, 3.05) is 0 Å². The smallest absolute Gasteiger partial charge is 0.315 e. The maximum absolute atomic E-state index is 12.1. The Morgan fingerprint density at radius 1 is 1.17 bits per heavy atom. The molecule has 0 bridgehead atoms. The molecule has 5 heteroatoms. The summed E-state index contributed by atoms with van der Waals surface area (Å²) in [4.78, 5) is 16.1. The maximum atomic E-state index is 12.1. The molecule has 3 rings (SSSR count). The fourth-order valence-electron chi connectivity index (χ4n) is 2.81. The second-order valence-corrected chi connectivity index (χ2v) is 5.70. The van der Waals surface area contributed by atoms with E-state index in [1.165, 1.54) is 0 Å². The molecule has 120 valence electrons. The van der Waals surface area contributed by atoms with Gasteiger partial charge < -0.3 is 15.4 Å². The van der Waals surface area contributed by atoms with Gasteiger partial charge in [-0.3, -0.25) is 4.98 Å². The van der Waals surface area contributed by atoms with E-state index in [4.69, 9.17) is 4.74 Å². The van der Waals surface area contributed by atoms with Gasteiger partial charge in [0.25, 0.3) is 0 Å². The third kappa shape index (κ3) is 4.45. The van der Waals surface area contributed by atoms with Crippen LogP contribution in [0.4, 0.5) is 4.79 Å². The second-order valence-electron chi connectivity index (χ2n) is 5.70. The Balaban J connectivity index is 1.49. The van der Waals surface area contributed by atoms with E-state index >= 15 is 0 Å². The Kier molecular flexibility index (Phi) is 5.09. The lowest BCUT2D eigenvalue weighted by atomic mass is 10.2. The van der Waals surface area contributed by atoms with Crippen molar-refractivity contribution >= 4 is 6.03 Å². The Hall–Kier alpha value is -2.56. The van der Waals surface area contributed by atoms with Crippen molar-refractivity contribution < 1.29 is 9.53 Å². The van der Waals surface area contributed by atoms with E-state index in [2.05, 4.69) is 15.6 Å². The number of para-hydroxylation sites is 1. The van der Waals surface area contributed by atoms with Gasteiger partial charge in [0.05, 0.1) is 6.04 Å². The summed E-state index contributed by atoms with van der Waals surface area (Å²) in [6.07, 6.45) is 6.46. The zero-order valence-corrected chi connectivity index (χ0v) is 12.9. The van der Waals surface area contributed by atoms with Crippen molar-refractivity contribution in [1.29, 1.82) is 0 Å². The lowest BCUT2D eigenvalue weighted by Gasteiger charge is -2.22. The van der Waals surface area contributed by atoms with Crippen LogP contribution in [0.3, 0.4) is 0 Å².